The fourth-order valence-electron chi connectivity index (χ4n) is 1.82. The van der Waals surface area contributed by atoms with Crippen molar-refractivity contribution in [3.05, 3.63) is 47.5 Å². The molecule has 0 atom stereocenters. The lowest BCUT2D eigenvalue weighted by molar-refractivity contribution is -0.136. The highest BCUT2D eigenvalue weighted by molar-refractivity contribution is 5.98. The summed E-state index contributed by atoms with van der Waals surface area (Å²) >= 11 is 0. The van der Waals surface area contributed by atoms with Gasteiger partial charge in [-0.25, -0.2) is 4.79 Å². The summed E-state index contributed by atoms with van der Waals surface area (Å²) in [7, 11) is 0. The molecule has 1 aromatic rings. The van der Waals surface area contributed by atoms with Gasteiger partial charge >= 0.3 is 5.97 Å². The molecule has 0 saturated carbocycles. The molecule has 118 valence electrons. The fourth-order valence-corrected chi connectivity index (χ4v) is 1.82. The van der Waals surface area contributed by atoms with E-state index in [1.54, 1.807) is 25.1 Å². The van der Waals surface area contributed by atoms with Crippen LogP contribution in [0.4, 0.5) is 0 Å². The quantitative estimate of drug-likeness (QED) is 0.345. The van der Waals surface area contributed by atoms with Gasteiger partial charge in [-0.1, -0.05) is 30.3 Å². The third kappa shape index (κ3) is 6.83. The number of benzene rings is 1. The van der Waals surface area contributed by atoms with Crippen LogP contribution in [0.25, 0.3) is 0 Å². The molecule has 0 radical (unpaired) electrons. The van der Waals surface area contributed by atoms with Crippen molar-refractivity contribution >= 4 is 17.7 Å². The minimum Gasteiger partial charge on any atom is -0.454 e. The number of hydrogen-bond donors (Lipinski definition) is 1. The van der Waals surface area contributed by atoms with E-state index in [-0.39, 0.29) is 18.3 Å². The van der Waals surface area contributed by atoms with E-state index in [9.17, 15) is 14.4 Å². The average Bonchev–Trinajstić information content (AvgIpc) is 2.50. The van der Waals surface area contributed by atoms with Crippen molar-refractivity contribution in [1.82, 2.24) is 5.32 Å². The molecule has 0 fully saturated rings. The minimum atomic E-state index is -0.523. The lowest BCUT2D eigenvalue weighted by Gasteiger charge is -2.05. The molecule has 0 bridgehead atoms. The second-order valence-corrected chi connectivity index (χ2v) is 4.81. The van der Waals surface area contributed by atoms with Crippen molar-refractivity contribution in [3.63, 3.8) is 0 Å². The highest BCUT2D eigenvalue weighted by atomic mass is 16.5. The van der Waals surface area contributed by atoms with E-state index in [1.165, 1.54) is 13.0 Å². The Morgan fingerprint density at radius 2 is 1.86 bits per heavy atom. The van der Waals surface area contributed by atoms with Gasteiger partial charge in [-0.2, -0.15) is 0 Å². The number of rotatable bonds is 8. The largest absolute Gasteiger partial charge is 0.454 e. The maximum absolute atomic E-state index is 11.9. The first kappa shape index (κ1) is 17.6. The monoisotopic (exact) mass is 303 g/mol. The van der Waals surface area contributed by atoms with Crippen molar-refractivity contribution < 1.29 is 19.1 Å². The fraction of sp³-hybridized carbons (Fsp3) is 0.353. The second-order valence-electron chi connectivity index (χ2n) is 4.81. The highest BCUT2D eigenvalue weighted by Gasteiger charge is 2.08. The molecule has 0 saturated heterocycles. The number of carbonyl (C=O) groups is 3. The van der Waals surface area contributed by atoms with Crippen molar-refractivity contribution in [2.45, 2.75) is 26.7 Å². The van der Waals surface area contributed by atoms with Gasteiger partial charge in [-0.3, -0.25) is 9.59 Å². The summed E-state index contributed by atoms with van der Waals surface area (Å²) in [6, 6.07) is 7.18. The second kappa shape index (κ2) is 9.50. The Balaban J connectivity index is 2.41. The number of ether oxygens (including phenoxy) is 1. The first-order chi connectivity index (χ1) is 10.5. The molecule has 1 aromatic carbocycles. The third-order valence-electron chi connectivity index (χ3n) is 2.94. The average molecular weight is 303 g/mol. The molecule has 5 nitrogen and oxygen atoms in total. The lowest BCUT2D eigenvalue weighted by atomic mass is 10.1. The van der Waals surface area contributed by atoms with Crippen LogP contribution < -0.4 is 5.32 Å². The van der Waals surface area contributed by atoms with Crippen molar-refractivity contribution in [2.75, 3.05) is 13.2 Å². The van der Waals surface area contributed by atoms with Crippen LogP contribution in [0.3, 0.4) is 0 Å². The number of amides is 1. The number of esters is 1. The topological polar surface area (TPSA) is 72.5 Å². The summed E-state index contributed by atoms with van der Waals surface area (Å²) < 4.78 is 4.82. The Kier molecular flexibility index (Phi) is 7.61. The summed E-state index contributed by atoms with van der Waals surface area (Å²) in [6.07, 6.45) is 4.49. The van der Waals surface area contributed by atoms with Crippen LogP contribution in [0.15, 0.2) is 36.4 Å². The van der Waals surface area contributed by atoms with Crippen molar-refractivity contribution in [1.29, 1.82) is 0 Å². The van der Waals surface area contributed by atoms with E-state index >= 15 is 0 Å². The molecular weight excluding hydrogens is 282 g/mol. The van der Waals surface area contributed by atoms with E-state index in [1.807, 2.05) is 12.1 Å². The molecule has 0 heterocycles. The Bertz CT molecular complexity index is 546. The van der Waals surface area contributed by atoms with E-state index in [4.69, 9.17) is 4.74 Å². The summed E-state index contributed by atoms with van der Waals surface area (Å²) in [5, 5.41) is 2.74. The Morgan fingerprint density at radius 1 is 1.18 bits per heavy atom. The van der Waals surface area contributed by atoms with Gasteiger partial charge < -0.3 is 10.1 Å². The molecule has 0 aromatic heterocycles. The van der Waals surface area contributed by atoms with Crippen molar-refractivity contribution in [2.24, 2.45) is 0 Å². The molecular formula is C17H21NO4. The summed E-state index contributed by atoms with van der Waals surface area (Å²) in [5.41, 5.74) is 1.60. The van der Waals surface area contributed by atoms with Gasteiger partial charge in [0.05, 0.1) is 0 Å². The first-order valence-corrected chi connectivity index (χ1v) is 7.19. The number of Topliss-reactive ketones (excluding diaryl/α,β-unsaturated/α-hetero) is 1. The van der Waals surface area contributed by atoms with Gasteiger partial charge in [0.15, 0.2) is 12.4 Å². The molecule has 5 heteroatoms. The predicted molar refractivity (Wildman–Crippen MR) is 83.6 cm³/mol. The summed E-state index contributed by atoms with van der Waals surface area (Å²) in [6.45, 7) is 3.57. The van der Waals surface area contributed by atoms with Gasteiger partial charge in [0, 0.05) is 25.1 Å². The zero-order chi connectivity index (χ0) is 16.4. The molecule has 1 rings (SSSR count). The molecule has 0 unspecified atom stereocenters. The molecule has 1 amide bonds. The number of allylic oxidation sites excluding steroid dienone is 1. The molecule has 1 N–H and O–H groups in total. The zero-order valence-electron chi connectivity index (χ0n) is 12.9. The standard InChI is InChI=1S/C17H21NO4/c1-3-5-17(21)22-12-16(20)15-9-7-14(8-10-15)6-4-11-18-13(2)19/h3,5,7-10H,4,6,11-12H2,1-2H3,(H,18,19)/b5-3+. The maximum atomic E-state index is 11.9. The zero-order valence-corrected chi connectivity index (χ0v) is 12.9. The van der Waals surface area contributed by atoms with E-state index in [0.717, 1.165) is 18.4 Å². The van der Waals surface area contributed by atoms with Gasteiger partial charge in [0.1, 0.15) is 0 Å². The van der Waals surface area contributed by atoms with Crippen LogP contribution in [-0.4, -0.2) is 30.8 Å². The van der Waals surface area contributed by atoms with Crippen LogP contribution in [-0.2, 0) is 20.7 Å². The van der Waals surface area contributed by atoms with Crippen LogP contribution >= 0.6 is 0 Å². The minimum absolute atomic E-state index is 0.0339. The molecule has 0 aliphatic rings. The van der Waals surface area contributed by atoms with E-state index in [0.29, 0.717) is 12.1 Å². The van der Waals surface area contributed by atoms with Gasteiger partial charge in [-0.15, -0.1) is 0 Å². The predicted octanol–water partition coefficient (Wildman–Crippen LogP) is 2.06. The summed E-state index contributed by atoms with van der Waals surface area (Å²) in [5.74, 6) is -0.790. The Labute approximate surface area is 130 Å². The number of carbonyl (C=O) groups excluding carboxylic acids is 3. The van der Waals surface area contributed by atoms with Crippen LogP contribution in [0, 0.1) is 0 Å². The van der Waals surface area contributed by atoms with E-state index < -0.39 is 5.97 Å². The van der Waals surface area contributed by atoms with Gasteiger partial charge in [-0.05, 0) is 25.3 Å². The molecule has 22 heavy (non-hydrogen) atoms. The van der Waals surface area contributed by atoms with Gasteiger partial charge in [0.2, 0.25) is 5.91 Å². The molecule has 0 aliphatic heterocycles. The Hall–Kier alpha value is -2.43. The highest BCUT2D eigenvalue weighted by Crippen LogP contribution is 2.08. The smallest absolute Gasteiger partial charge is 0.330 e. The number of ketones is 1. The SMILES string of the molecule is C/C=C/C(=O)OCC(=O)c1ccc(CCCNC(C)=O)cc1. The van der Waals surface area contributed by atoms with Crippen molar-refractivity contribution in [3.8, 4) is 0 Å². The lowest BCUT2D eigenvalue weighted by Crippen LogP contribution is -2.21. The van der Waals surface area contributed by atoms with Crippen LogP contribution in [0.5, 0.6) is 0 Å². The van der Waals surface area contributed by atoms with E-state index in [2.05, 4.69) is 5.32 Å². The summed E-state index contributed by atoms with van der Waals surface area (Å²) in [4.78, 5) is 33.7. The first-order valence-electron chi connectivity index (χ1n) is 7.19. The van der Waals surface area contributed by atoms with Gasteiger partial charge in [0.25, 0.3) is 0 Å². The molecule has 0 aliphatic carbocycles. The van der Waals surface area contributed by atoms with Crippen LogP contribution in [0.2, 0.25) is 0 Å². The number of hydrogen-bond acceptors (Lipinski definition) is 4. The normalized spacial score (nSPS) is 10.5. The number of nitrogens with one attached hydrogen (secondary N) is 1. The van der Waals surface area contributed by atoms with Crippen LogP contribution in [0.1, 0.15) is 36.2 Å². The third-order valence-corrected chi connectivity index (χ3v) is 2.94. The maximum Gasteiger partial charge on any atom is 0.330 e. The molecule has 0 spiro atoms. The Morgan fingerprint density at radius 3 is 2.45 bits per heavy atom. The number of aryl methyl sites for hydroxylation is 1.